The second-order valence-corrected chi connectivity index (χ2v) is 7.17. The van der Waals surface area contributed by atoms with Crippen molar-refractivity contribution in [2.75, 3.05) is 18.1 Å². The van der Waals surface area contributed by atoms with E-state index < -0.39 is 9.84 Å². The van der Waals surface area contributed by atoms with Crippen LogP contribution in [-0.4, -0.2) is 26.5 Å². The van der Waals surface area contributed by atoms with Gasteiger partial charge < -0.3 is 5.32 Å². The lowest BCUT2D eigenvalue weighted by molar-refractivity contribution is 0.589. The molecule has 0 spiro atoms. The van der Waals surface area contributed by atoms with Crippen molar-refractivity contribution < 1.29 is 8.42 Å². The minimum Gasteiger partial charge on any atom is -0.312 e. The van der Waals surface area contributed by atoms with Crippen molar-refractivity contribution in [3.8, 4) is 0 Å². The summed E-state index contributed by atoms with van der Waals surface area (Å²) in [5.74, 6) is 0.504. The van der Waals surface area contributed by atoms with Crippen LogP contribution >= 0.6 is 15.9 Å². The molecule has 0 saturated carbocycles. The lowest BCUT2D eigenvalue weighted by atomic mass is 10.2. The maximum atomic E-state index is 11.4. The highest BCUT2D eigenvalue weighted by Crippen LogP contribution is 2.10. The van der Waals surface area contributed by atoms with E-state index in [1.807, 2.05) is 31.2 Å². The van der Waals surface area contributed by atoms with Crippen LogP contribution in [0.2, 0.25) is 0 Å². The Hall–Kier alpha value is -0.390. The third kappa shape index (κ3) is 6.19. The summed E-state index contributed by atoms with van der Waals surface area (Å²) < 4.78 is 23.9. The zero-order valence-electron chi connectivity index (χ0n) is 9.95. The van der Waals surface area contributed by atoms with Gasteiger partial charge in [-0.05, 0) is 24.1 Å². The molecular weight excluding hydrogens is 302 g/mol. The van der Waals surface area contributed by atoms with Gasteiger partial charge in [0.05, 0.1) is 5.75 Å². The first-order chi connectivity index (χ1) is 8.03. The standard InChI is InChI=1S/C12H18BrNO2S/c1-2-8-17(15,16)9-7-14-10-11-3-5-12(13)6-4-11/h3-6,14H,2,7-10H2,1H3. The molecule has 0 bridgehead atoms. The van der Waals surface area contributed by atoms with E-state index in [1.54, 1.807) is 0 Å². The van der Waals surface area contributed by atoms with Crippen LogP contribution in [0.3, 0.4) is 0 Å². The molecule has 5 heteroatoms. The third-order valence-corrected chi connectivity index (χ3v) is 4.73. The highest BCUT2D eigenvalue weighted by atomic mass is 79.9. The number of nitrogens with one attached hydrogen (secondary N) is 1. The Kier molecular flexibility index (Phi) is 6.16. The Morgan fingerprint density at radius 1 is 1.18 bits per heavy atom. The first-order valence-corrected chi connectivity index (χ1v) is 8.30. The average Bonchev–Trinajstić information content (AvgIpc) is 2.27. The van der Waals surface area contributed by atoms with Gasteiger partial charge in [0.25, 0.3) is 0 Å². The molecule has 0 atom stereocenters. The van der Waals surface area contributed by atoms with Gasteiger partial charge in [-0.25, -0.2) is 8.42 Å². The average molecular weight is 320 g/mol. The summed E-state index contributed by atoms with van der Waals surface area (Å²) >= 11 is 3.37. The molecule has 96 valence electrons. The summed E-state index contributed by atoms with van der Waals surface area (Å²) in [4.78, 5) is 0. The van der Waals surface area contributed by atoms with Gasteiger partial charge in [-0.15, -0.1) is 0 Å². The Balaban J connectivity index is 2.27. The first-order valence-electron chi connectivity index (χ1n) is 5.69. The van der Waals surface area contributed by atoms with Crippen LogP contribution in [-0.2, 0) is 16.4 Å². The summed E-state index contributed by atoms with van der Waals surface area (Å²) in [5.41, 5.74) is 1.15. The number of sulfone groups is 1. The van der Waals surface area contributed by atoms with E-state index >= 15 is 0 Å². The molecule has 0 heterocycles. The number of hydrogen-bond acceptors (Lipinski definition) is 3. The summed E-state index contributed by atoms with van der Waals surface area (Å²) in [6.45, 7) is 3.10. The van der Waals surface area contributed by atoms with E-state index in [-0.39, 0.29) is 11.5 Å². The highest BCUT2D eigenvalue weighted by Gasteiger charge is 2.07. The second-order valence-electron chi connectivity index (χ2n) is 3.96. The third-order valence-electron chi connectivity index (χ3n) is 2.35. The quantitative estimate of drug-likeness (QED) is 0.785. The monoisotopic (exact) mass is 319 g/mol. The minimum absolute atomic E-state index is 0.220. The Morgan fingerprint density at radius 2 is 1.82 bits per heavy atom. The van der Waals surface area contributed by atoms with Crippen molar-refractivity contribution >= 4 is 25.8 Å². The summed E-state index contributed by atoms with van der Waals surface area (Å²) in [5, 5.41) is 3.14. The minimum atomic E-state index is -2.86. The van der Waals surface area contributed by atoms with E-state index in [2.05, 4.69) is 21.2 Å². The van der Waals surface area contributed by atoms with Gasteiger partial charge in [0.2, 0.25) is 0 Å². The van der Waals surface area contributed by atoms with Crippen molar-refractivity contribution in [1.29, 1.82) is 0 Å². The first kappa shape index (κ1) is 14.7. The van der Waals surface area contributed by atoms with E-state index in [0.717, 1.165) is 10.0 Å². The molecular formula is C12H18BrNO2S. The zero-order valence-corrected chi connectivity index (χ0v) is 12.4. The van der Waals surface area contributed by atoms with Crippen LogP contribution in [0.15, 0.2) is 28.7 Å². The second kappa shape index (κ2) is 7.13. The van der Waals surface area contributed by atoms with Crippen LogP contribution in [0.1, 0.15) is 18.9 Å². The maximum absolute atomic E-state index is 11.4. The Bertz CT molecular complexity index is 428. The molecule has 1 rings (SSSR count). The molecule has 0 saturated heterocycles. The molecule has 0 aromatic heterocycles. The van der Waals surface area contributed by atoms with Crippen LogP contribution < -0.4 is 5.32 Å². The highest BCUT2D eigenvalue weighted by molar-refractivity contribution is 9.10. The molecule has 0 fully saturated rings. The SMILES string of the molecule is CCCS(=O)(=O)CCNCc1ccc(Br)cc1. The van der Waals surface area contributed by atoms with E-state index in [4.69, 9.17) is 0 Å². The Morgan fingerprint density at radius 3 is 2.41 bits per heavy atom. The molecule has 1 N–H and O–H groups in total. The molecule has 1 aromatic rings. The molecule has 3 nitrogen and oxygen atoms in total. The summed E-state index contributed by atoms with van der Waals surface area (Å²) in [7, 11) is -2.86. The van der Waals surface area contributed by atoms with E-state index in [9.17, 15) is 8.42 Å². The lowest BCUT2D eigenvalue weighted by Gasteiger charge is -2.05. The van der Waals surface area contributed by atoms with Crippen LogP contribution in [0, 0.1) is 0 Å². The van der Waals surface area contributed by atoms with Crippen molar-refractivity contribution in [2.24, 2.45) is 0 Å². The molecule has 17 heavy (non-hydrogen) atoms. The molecule has 0 aliphatic carbocycles. The van der Waals surface area contributed by atoms with Crippen LogP contribution in [0.5, 0.6) is 0 Å². The number of halogens is 1. The van der Waals surface area contributed by atoms with Crippen molar-refractivity contribution in [1.82, 2.24) is 5.32 Å². The van der Waals surface area contributed by atoms with Gasteiger partial charge in [-0.3, -0.25) is 0 Å². The topological polar surface area (TPSA) is 46.2 Å². The fourth-order valence-electron chi connectivity index (χ4n) is 1.48. The van der Waals surface area contributed by atoms with E-state index in [0.29, 0.717) is 19.5 Å². The lowest BCUT2D eigenvalue weighted by Crippen LogP contribution is -2.24. The molecule has 0 aliphatic heterocycles. The summed E-state index contributed by atoms with van der Waals surface area (Å²) in [6.07, 6.45) is 0.690. The van der Waals surface area contributed by atoms with Gasteiger partial charge in [-0.1, -0.05) is 35.0 Å². The fourth-order valence-corrected chi connectivity index (χ4v) is 3.02. The molecule has 0 radical (unpaired) electrons. The molecule has 1 aromatic carbocycles. The van der Waals surface area contributed by atoms with Crippen LogP contribution in [0.4, 0.5) is 0 Å². The van der Waals surface area contributed by atoms with Gasteiger partial charge in [-0.2, -0.15) is 0 Å². The van der Waals surface area contributed by atoms with Gasteiger partial charge >= 0.3 is 0 Å². The van der Waals surface area contributed by atoms with Crippen molar-refractivity contribution in [2.45, 2.75) is 19.9 Å². The van der Waals surface area contributed by atoms with Gasteiger partial charge in [0.15, 0.2) is 9.84 Å². The van der Waals surface area contributed by atoms with Crippen molar-refractivity contribution in [3.63, 3.8) is 0 Å². The van der Waals surface area contributed by atoms with Crippen molar-refractivity contribution in [3.05, 3.63) is 34.3 Å². The Labute approximate surface area is 112 Å². The largest absolute Gasteiger partial charge is 0.312 e. The fraction of sp³-hybridized carbons (Fsp3) is 0.500. The molecule has 0 amide bonds. The van der Waals surface area contributed by atoms with E-state index in [1.165, 1.54) is 0 Å². The number of hydrogen-bond donors (Lipinski definition) is 1. The van der Waals surface area contributed by atoms with Crippen LogP contribution in [0.25, 0.3) is 0 Å². The van der Waals surface area contributed by atoms with Gasteiger partial charge in [0.1, 0.15) is 0 Å². The predicted molar refractivity (Wildman–Crippen MR) is 74.8 cm³/mol. The smallest absolute Gasteiger partial charge is 0.151 e. The maximum Gasteiger partial charge on any atom is 0.151 e. The number of rotatable bonds is 7. The molecule has 0 aliphatic rings. The van der Waals surface area contributed by atoms with Gasteiger partial charge in [0, 0.05) is 23.3 Å². The predicted octanol–water partition coefficient (Wildman–Crippen LogP) is 2.36. The normalized spacial score (nSPS) is 11.6. The molecule has 0 unspecified atom stereocenters. The number of benzene rings is 1. The zero-order chi connectivity index (χ0) is 12.7. The summed E-state index contributed by atoms with van der Waals surface area (Å²) in [6, 6.07) is 7.98.